The largest absolute Gasteiger partial charge is 0.368 e. The van der Waals surface area contributed by atoms with Crippen LogP contribution in [0.1, 0.15) is 0 Å². The molecule has 14 heavy (non-hydrogen) atoms. The van der Waals surface area contributed by atoms with Gasteiger partial charge < -0.3 is 10.6 Å². The summed E-state index contributed by atoms with van der Waals surface area (Å²) in [5.74, 6) is -0.341. The molecule has 1 amide bonds. The Balaban J connectivity index is 2.34. The first-order chi connectivity index (χ1) is 6.75. The second kappa shape index (κ2) is 3.45. The Morgan fingerprint density at radius 2 is 2.50 bits per heavy atom. The molecule has 0 saturated heterocycles. The van der Waals surface area contributed by atoms with Gasteiger partial charge in [0.2, 0.25) is 5.91 Å². The minimum atomic E-state index is -0.341. The highest BCUT2D eigenvalue weighted by Gasteiger charge is 2.05. The highest BCUT2D eigenvalue weighted by Crippen LogP contribution is 1.90. The molecule has 0 aliphatic carbocycles. The lowest BCUT2D eigenvalue weighted by Crippen LogP contribution is -2.40. The smallest absolute Gasteiger partial charge is 0.236 e. The molecular weight excluding hydrogens is 180 g/mol. The van der Waals surface area contributed by atoms with E-state index in [1.807, 2.05) is 17.2 Å². The average Bonchev–Trinajstić information content (AvgIpc) is 2.17. The maximum absolute atomic E-state index is 10.7. The van der Waals surface area contributed by atoms with Crippen molar-refractivity contribution >= 4 is 18.2 Å². The van der Waals surface area contributed by atoms with Gasteiger partial charge in [-0.1, -0.05) is 6.08 Å². The quantitative estimate of drug-likeness (QED) is 0.574. The number of amides is 1. The third kappa shape index (κ3) is 1.71. The van der Waals surface area contributed by atoms with Gasteiger partial charge in [0.15, 0.2) is 0 Å². The van der Waals surface area contributed by atoms with Gasteiger partial charge in [-0.15, -0.1) is 0 Å². The molecule has 0 unspecified atom stereocenters. The molecule has 1 aromatic heterocycles. The topological polar surface area (TPSA) is 72.1 Å². The maximum atomic E-state index is 10.7. The van der Waals surface area contributed by atoms with Gasteiger partial charge >= 0.3 is 0 Å². The van der Waals surface area contributed by atoms with Crippen molar-refractivity contribution in [3.05, 3.63) is 23.1 Å². The van der Waals surface area contributed by atoms with Crippen LogP contribution in [0.2, 0.25) is 0 Å². The average molecular weight is 190 g/mol. The lowest BCUT2D eigenvalue weighted by molar-refractivity contribution is -0.118. The van der Waals surface area contributed by atoms with Crippen LogP contribution < -0.4 is 16.3 Å². The van der Waals surface area contributed by atoms with Gasteiger partial charge in [-0.3, -0.25) is 4.79 Å². The van der Waals surface area contributed by atoms with Crippen LogP contribution >= 0.6 is 0 Å². The van der Waals surface area contributed by atoms with Crippen LogP contribution in [-0.4, -0.2) is 33.9 Å². The summed E-state index contributed by atoms with van der Waals surface area (Å²) in [5.41, 5.74) is 5.10. The Bertz CT molecular complexity index is 468. The molecule has 0 radical (unpaired) electrons. The lowest BCUT2D eigenvalue weighted by Gasteiger charge is -2.18. The molecule has 0 spiro atoms. The number of primary amides is 1. The Labute approximate surface area is 80.6 Å². The van der Waals surface area contributed by atoms with Crippen LogP contribution in [0.3, 0.4) is 0 Å². The van der Waals surface area contributed by atoms with Crippen LogP contribution in [-0.2, 0) is 4.79 Å². The molecule has 2 heterocycles. The van der Waals surface area contributed by atoms with Crippen molar-refractivity contribution in [2.75, 3.05) is 13.1 Å². The molecule has 0 fully saturated rings. The number of hydrogen-bond acceptors (Lipinski definition) is 4. The molecule has 1 aromatic rings. The summed E-state index contributed by atoms with van der Waals surface area (Å²) < 4.78 is 0. The molecule has 0 aromatic carbocycles. The number of fused-ring (bicyclic) bond motifs is 1. The minimum absolute atomic E-state index is 0.222. The number of hydrogen-bond donors (Lipinski definition) is 1. The molecule has 2 N–H and O–H groups in total. The van der Waals surface area contributed by atoms with Gasteiger partial charge in [0.25, 0.3) is 0 Å². The highest BCUT2D eigenvalue weighted by molar-refractivity contribution is 5.76. The summed E-state index contributed by atoms with van der Waals surface area (Å²) >= 11 is 0. The summed E-state index contributed by atoms with van der Waals surface area (Å²) in [6, 6.07) is 0. The second-order valence-corrected chi connectivity index (χ2v) is 3.09. The van der Waals surface area contributed by atoms with Gasteiger partial charge in [0.1, 0.15) is 6.33 Å². The molecular formula is C9H10N4O. The first kappa shape index (κ1) is 8.68. The van der Waals surface area contributed by atoms with Crippen molar-refractivity contribution in [2.45, 2.75) is 0 Å². The van der Waals surface area contributed by atoms with E-state index in [4.69, 9.17) is 5.73 Å². The fraction of sp³-hybridized carbons (Fsp3) is 0.222. The summed E-state index contributed by atoms with van der Waals surface area (Å²) in [6.07, 6.45) is 7.03. The van der Waals surface area contributed by atoms with Crippen LogP contribution in [0.4, 0.5) is 0 Å². The first-order valence-corrected chi connectivity index (χ1v) is 4.26. The molecule has 2 rings (SSSR count). The van der Waals surface area contributed by atoms with Crippen LogP contribution in [0.25, 0.3) is 12.3 Å². The van der Waals surface area contributed by atoms with Crippen molar-refractivity contribution in [3.8, 4) is 0 Å². The summed E-state index contributed by atoms with van der Waals surface area (Å²) in [7, 11) is 0. The SMILES string of the molecule is NC(=O)CN1C=c2ncncc2=CC1. The van der Waals surface area contributed by atoms with Crippen LogP contribution in [0, 0.1) is 0 Å². The van der Waals surface area contributed by atoms with E-state index < -0.39 is 0 Å². The van der Waals surface area contributed by atoms with E-state index in [0.29, 0.717) is 6.54 Å². The van der Waals surface area contributed by atoms with Crippen LogP contribution in [0.5, 0.6) is 0 Å². The molecule has 5 nitrogen and oxygen atoms in total. The van der Waals surface area contributed by atoms with Crippen LogP contribution in [0.15, 0.2) is 12.5 Å². The normalized spacial score (nSPS) is 13.9. The standard InChI is InChI=1S/C9H10N4O/c10-9(14)5-13-2-1-7-3-11-6-12-8(7)4-13/h1,3-4,6H,2,5H2,(H2,10,14). The zero-order valence-electron chi connectivity index (χ0n) is 7.55. The molecule has 5 heteroatoms. The van der Waals surface area contributed by atoms with Crippen molar-refractivity contribution in [2.24, 2.45) is 5.73 Å². The highest BCUT2D eigenvalue weighted by atomic mass is 16.1. The predicted molar refractivity (Wildman–Crippen MR) is 51.0 cm³/mol. The zero-order chi connectivity index (χ0) is 9.97. The van der Waals surface area contributed by atoms with Gasteiger partial charge in [0, 0.05) is 24.2 Å². The predicted octanol–water partition coefficient (Wildman–Crippen LogP) is -2.20. The van der Waals surface area contributed by atoms with E-state index in [-0.39, 0.29) is 12.5 Å². The molecule has 0 bridgehead atoms. The van der Waals surface area contributed by atoms with Gasteiger partial charge in [-0.2, -0.15) is 0 Å². The van der Waals surface area contributed by atoms with Crippen molar-refractivity contribution in [1.82, 2.24) is 14.9 Å². The van der Waals surface area contributed by atoms with E-state index in [2.05, 4.69) is 9.97 Å². The van der Waals surface area contributed by atoms with Crippen molar-refractivity contribution in [3.63, 3.8) is 0 Å². The van der Waals surface area contributed by atoms with E-state index in [9.17, 15) is 4.79 Å². The van der Waals surface area contributed by atoms with Gasteiger partial charge in [-0.25, -0.2) is 9.97 Å². The van der Waals surface area contributed by atoms with E-state index in [1.54, 1.807) is 6.20 Å². The third-order valence-electron chi connectivity index (χ3n) is 1.98. The Kier molecular flexibility index (Phi) is 2.14. The third-order valence-corrected chi connectivity index (χ3v) is 1.98. The molecule has 72 valence electrons. The van der Waals surface area contributed by atoms with E-state index in [0.717, 1.165) is 10.6 Å². The zero-order valence-corrected chi connectivity index (χ0v) is 7.55. The first-order valence-electron chi connectivity index (χ1n) is 4.26. The molecule has 0 atom stereocenters. The minimum Gasteiger partial charge on any atom is -0.368 e. The maximum Gasteiger partial charge on any atom is 0.236 e. The van der Waals surface area contributed by atoms with Crippen molar-refractivity contribution < 1.29 is 4.79 Å². The number of rotatable bonds is 2. The number of aromatic nitrogens is 2. The molecule has 1 aliphatic heterocycles. The number of nitrogens with two attached hydrogens (primary N) is 1. The number of carbonyl (C=O) groups is 1. The number of nitrogens with zero attached hydrogens (tertiary/aromatic N) is 3. The number of carbonyl (C=O) groups excluding carboxylic acids is 1. The Morgan fingerprint density at radius 3 is 3.29 bits per heavy atom. The monoisotopic (exact) mass is 190 g/mol. The second-order valence-electron chi connectivity index (χ2n) is 3.09. The van der Waals surface area contributed by atoms with Gasteiger partial charge in [-0.05, 0) is 0 Å². The fourth-order valence-corrected chi connectivity index (χ4v) is 1.37. The molecule has 1 aliphatic rings. The summed E-state index contributed by atoms with van der Waals surface area (Å²) in [4.78, 5) is 20.5. The van der Waals surface area contributed by atoms with Crippen molar-refractivity contribution in [1.29, 1.82) is 0 Å². The molecule has 0 saturated carbocycles. The summed E-state index contributed by atoms with van der Waals surface area (Å²) in [6.45, 7) is 0.892. The van der Waals surface area contributed by atoms with Gasteiger partial charge in [0.05, 0.1) is 11.9 Å². The fourth-order valence-electron chi connectivity index (χ4n) is 1.37. The van der Waals surface area contributed by atoms with E-state index in [1.165, 1.54) is 6.33 Å². The Hall–Kier alpha value is -1.91. The van der Waals surface area contributed by atoms with E-state index >= 15 is 0 Å². The Morgan fingerprint density at radius 1 is 1.64 bits per heavy atom. The summed E-state index contributed by atoms with van der Waals surface area (Å²) in [5, 5.41) is 1.82. The lowest BCUT2D eigenvalue weighted by atomic mass is 10.3.